The van der Waals surface area contributed by atoms with E-state index in [0.717, 1.165) is 28.8 Å². The molecular formula is C17H17NO2. The van der Waals surface area contributed by atoms with E-state index < -0.39 is 0 Å². The largest absolute Gasteiger partial charge is 0.497 e. The Morgan fingerprint density at radius 3 is 2.75 bits per heavy atom. The minimum absolute atomic E-state index is 0.0700. The number of nitrogens with zero attached hydrogens (tertiary/aromatic N) is 1. The zero-order valence-electron chi connectivity index (χ0n) is 11.4. The minimum Gasteiger partial charge on any atom is -0.497 e. The van der Waals surface area contributed by atoms with E-state index in [0.29, 0.717) is 0 Å². The number of rotatable bonds is 4. The Morgan fingerprint density at radius 2 is 1.95 bits per heavy atom. The van der Waals surface area contributed by atoms with E-state index in [9.17, 15) is 5.11 Å². The van der Waals surface area contributed by atoms with E-state index >= 15 is 0 Å². The van der Waals surface area contributed by atoms with Crippen LogP contribution < -0.4 is 4.74 Å². The molecule has 0 aliphatic carbocycles. The Balaban J connectivity index is 1.98. The van der Waals surface area contributed by atoms with Crippen molar-refractivity contribution in [2.24, 2.45) is 0 Å². The smallest absolute Gasteiger partial charge is 0.119 e. The van der Waals surface area contributed by atoms with Crippen LogP contribution in [0.2, 0.25) is 0 Å². The quantitative estimate of drug-likeness (QED) is 0.787. The molecule has 1 heterocycles. The molecule has 0 fully saturated rings. The number of hydrogen-bond donors (Lipinski definition) is 1. The van der Waals surface area contributed by atoms with E-state index in [1.54, 1.807) is 7.11 Å². The predicted molar refractivity (Wildman–Crippen MR) is 80.0 cm³/mol. The Morgan fingerprint density at radius 1 is 1.10 bits per heavy atom. The lowest BCUT2D eigenvalue weighted by Gasteiger charge is -2.08. The molecule has 20 heavy (non-hydrogen) atoms. The van der Waals surface area contributed by atoms with Gasteiger partial charge in [-0.05, 0) is 35.4 Å². The van der Waals surface area contributed by atoms with E-state index in [-0.39, 0.29) is 6.61 Å². The van der Waals surface area contributed by atoms with Crippen molar-refractivity contribution in [2.75, 3.05) is 7.11 Å². The average molecular weight is 267 g/mol. The van der Waals surface area contributed by atoms with Gasteiger partial charge >= 0.3 is 0 Å². The fraction of sp³-hybridized carbons (Fsp3) is 0.176. The summed E-state index contributed by atoms with van der Waals surface area (Å²) < 4.78 is 7.44. The lowest BCUT2D eigenvalue weighted by atomic mass is 10.1. The van der Waals surface area contributed by atoms with Crippen molar-refractivity contribution in [2.45, 2.75) is 13.2 Å². The zero-order chi connectivity index (χ0) is 13.9. The van der Waals surface area contributed by atoms with Crippen molar-refractivity contribution in [1.29, 1.82) is 0 Å². The van der Waals surface area contributed by atoms with Crippen LogP contribution in [-0.2, 0) is 13.2 Å². The highest BCUT2D eigenvalue weighted by atomic mass is 16.5. The molecule has 3 aromatic rings. The van der Waals surface area contributed by atoms with Crippen molar-refractivity contribution >= 4 is 10.9 Å². The number of aromatic nitrogens is 1. The molecule has 0 unspecified atom stereocenters. The average Bonchev–Trinajstić information content (AvgIpc) is 2.90. The summed E-state index contributed by atoms with van der Waals surface area (Å²) >= 11 is 0. The Kier molecular flexibility index (Phi) is 3.44. The van der Waals surface area contributed by atoms with Gasteiger partial charge in [-0.15, -0.1) is 0 Å². The zero-order valence-corrected chi connectivity index (χ0v) is 11.4. The molecule has 2 aromatic carbocycles. The van der Waals surface area contributed by atoms with Gasteiger partial charge in [-0.25, -0.2) is 0 Å². The molecule has 0 spiro atoms. The maximum absolute atomic E-state index is 9.38. The number of ether oxygens (including phenoxy) is 1. The summed E-state index contributed by atoms with van der Waals surface area (Å²) in [5, 5.41) is 10.5. The molecule has 0 aliphatic heterocycles. The highest BCUT2D eigenvalue weighted by Crippen LogP contribution is 2.22. The summed E-state index contributed by atoms with van der Waals surface area (Å²) in [6.07, 6.45) is 2.06. The number of aliphatic hydroxyl groups is 1. The molecular weight excluding hydrogens is 250 g/mol. The van der Waals surface area contributed by atoms with E-state index in [4.69, 9.17) is 4.74 Å². The summed E-state index contributed by atoms with van der Waals surface area (Å²) in [4.78, 5) is 0. The third-order valence-corrected chi connectivity index (χ3v) is 3.56. The third kappa shape index (κ3) is 2.28. The fourth-order valence-electron chi connectivity index (χ4n) is 2.53. The van der Waals surface area contributed by atoms with Gasteiger partial charge < -0.3 is 14.4 Å². The first kappa shape index (κ1) is 12.8. The van der Waals surface area contributed by atoms with E-state index in [2.05, 4.69) is 29.0 Å². The molecule has 102 valence electrons. The second-order valence-electron chi connectivity index (χ2n) is 4.80. The van der Waals surface area contributed by atoms with Crippen LogP contribution in [0.15, 0.2) is 54.7 Å². The lowest BCUT2D eigenvalue weighted by molar-refractivity contribution is 0.283. The predicted octanol–water partition coefficient (Wildman–Crippen LogP) is 3.19. The first-order valence-electron chi connectivity index (χ1n) is 6.62. The summed E-state index contributed by atoms with van der Waals surface area (Å²) in [7, 11) is 1.68. The lowest BCUT2D eigenvalue weighted by Crippen LogP contribution is -1.98. The summed E-state index contributed by atoms with van der Waals surface area (Å²) in [5.41, 5.74) is 3.29. The molecule has 0 radical (unpaired) electrons. The van der Waals surface area contributed by atoms with E-state index in [1.165, 1.54) is 5.56 Å². The van der Waals surface area contributed by atoms with Gasteiger partial charge in [0.1, 0.15) is 5.75 Å². The number of fused-ring (bicyclic) bond motifs is 1. The summed E-state index contributed by atoms with van der Waals surface area (Å²) in [6, 6.07) is 16.1. The second kappa shape index (κ2) is 5.39. The van der Waals surface area contributed by atoms with Crippen LogP contribution in [0.25, 0.3) is 10.9 Å². The molecule has 1 N–H and O–H groups in total. The number of benzene rings is 2. The second-order valence-corrected chi connectivity index (χ2v) is 4.80. The van der Waals surface area contributed by atoms with Crippen LogP contribution in [-0.4, -0.2) is 16.8 Å². The minimum atomic E-state index is 0.0700. The van der Waals surface area contributed by atoms with Crippen molar-refractivity contribution < 1.29 is 9.84 Å². The van der Waals surface area contributed by atoms with E-state index in [1.807, 2.05) is 30.3 Å². The van der Waals surface area contributed by atoms with Crippen molar-refractivity contribution in [3.8, 4) is 5.75 Å². The standard InChI is InChI=1S/C17H17NO2/c1-20-15-6-2-4-13(10-15)11-18-9-8-16-14(12-19)5-3-7-17(16)18/h2-10,19H,11-12H2,1H3. The molecule has 3 heteroatoms. The van der Waals surface area contributed by atoms with Gasteiger partial charge in [0.05, 0.1) is 13.7 Å². The van der Waals surface area contributed by atoms with Crippen LogP contribution in [0.3, 0.4) is 0 Å². The van der Waals surface area contributed by atoms with Crippen LogP contribution in [0.4, 0.5) is 0 Å². The molecule has 0 atom stereocenters. The van der Waals surface area contributed by atoms with Crippen molar-refractivity contribution in [3.63, 3.8) is 0 Å². The molecule has 1 aromatic heterocycles. The first-order chi connectivity index (χ1) is 9.81. The number of hydrogen-bond acceptors (Lipinski definition) is 2. The maximum atomic E-state index is 9.38. The normalized spacial score (nSPS) is 10.9. The monoisotopic (exact) mass is 267 g/mol. The van der Waals surface area contributed by atoms with Crippen LogP contribution in [0.5, 0.6) is 5.75 Å². The highest BCUT2D eigenvalue weighted by Gasteiger charge is 2.05. The first-order valence-corrected chi connectivity index (χ1v) is 6.62. The maximum Gasteiger partial charge on any atom is 0.119 e. The number of methoxy groups -OCH3 is 1. The van der Waals surface area contributed by atoms with Crippen LogP contribution >= 0.6 is 0 Å². The van der Waals surface area contributed by atoms with Gasteiger partial charge in [0, 0.05) is 23.6 Å². The molecule has 0 bridgehead atoms. The fourth-order valence-corrected chi connectivity index (χ4v) is 2.53. The Hall–Kier alpha value is -2.26. The molecule has 0 saturated carbocycles. The third-order valence-electron chi connectivity index (χ3n) is 3.56. The molecule has 3 rings (SSSR count). The van der Waals surface area contributed by atoms with Crippen LogP contribution in [0, 0.1) is 0 Å². The Bertz CT molecular complexity index is 731. The summed E-state index contributed by atoms with van der Waals surface area (Å²) in [6.45, 7) is 0.857. The van der Waals surface area contributed by atoms with Gasteiger partial charge in [-0.3, -0.25) is 0 Å². The van der Waals surface area contributed by atoms with Crippen LogP contribution in [0.1, 0.15) is 11.1 Å². The van der Waals surface area contributed by atoms with Crippen molar-refractivity contribution in [3.05, 3.63) is 65.9 Å². The molecule has 0 saturated heterocycles. The Labute approximate surface area is 118 Å². The SMILES string of the molecule is COc1cccc(Cn2ccc3c(CO)cccc32)c1. The summed E-state index contributed by atoms with van der Waals surface area (Å²) in [5.74, 6) is 0.870. The molecule has 0 aliphatic rings. The van der Waals surface area contributed by atoms with Gasteiger partial charge in [0.15, 0.2) is 0 Å². The van der Waals surface area contributed by atoms with Gasteiger partial charge in [0.25, 0.3) is 0 Å². The number of aliphatic hydroxyl groups excluding tert-OH is 1. The van der Waals surface area contributed by atoms with Crippen molar-refractivity contribution in [1.82, 2.24) is 4.57 Å². The highest BCUT2D eigenvalue weighted by molar-refractivity contribution is 5.83. The topological polar surface area (TPSA) is 34.4 Å². The van der Waals surface area contributed by atoms with Gasteiger partial charge in [-0.2, -0.15) is 0 Å². The molecule has 3 nitrogen and oxygen atoms in total. The molecule has 0 amide bonds. The van der Waals surface area contributed by atoms with Gasteiger partial charge in [-0.1, -0.05) is 24.3 Å². The van der Waals surface area contributed by atoms with Gasteiger partial charge in [0.2, 0.25) is 0 Å².